The number of hydrogen-bond acceptors (Lipinski definition) is 6. The van der Waals surface area contributed by atoms with Crippen molar-refractivity contribution in [2.45, 2.75) is 31.9 Å². The van der Waals surface area contributed by atoms with Crippen LogP contribution in [0.4, 0.5) is 5.95 Å². The van der Waals surface area contributed by atoms with Crippen LogP contribution < -0.4 is 5.32 Å². The number of nitrogens with one attached hydrogen (secondary N) is 1. The van der Waals surface area contributed by atoms with Crippen molar-refractivity contribution in [3.05, 3.63) is 12.5 Å². The minimum atomic E-state index is -4.16. The van der Waals surface area contributed by atoms with Crippen LogP contribution in [0.25, 0.3) is 11.2 Å². The number of hydrogen-bond donors (Lipinski definition) is 3. The van der Waals surface area contributed by atoms with Gasteiger partial charge in [-0.25, -0.2) is 9.97 Å². The van der Waals surface area contributed by atoms with Gasteiger partial charge in [0.25, 0.3) is 0 Å². The van der Waals surface area contributed by atoms with E-state index >= 15 is 0 Å². The van der Waals surface area contributed by atoms with Crippen molar-refractivity contribution >= 4 is 24.7 Å². The molecule has 3 N–H and O–H groups in total. The molecule has 0 aromatic carbocycles. The van der Waals surface area contributed by atoms with Gasteiger partial charge in [0.2, 0.25) is 5.95 Å². The molecular weight excluding hydrogens is 309 g/mol. The van der Waals surface area contributed by atoms with Crippen molar-refractivity contribution in [1.29, 1.82) is 0 Å². The van der Waals surface area contributed by atoms with Crippen LogP contribution >= 0.6 is 7.60 Å². The molecule has 0 amide bonds. The van der Waals surface area contributed by atoms with Gasteiger partial charge in [0.05, 0.1) is 24.7 Å². The lowest BCUT2D eigenvalue weighted by atomic mass is 10.3. The lowest BCUT2D eigenvalue weighted by molar-refractivity contribution is 0.0417. The van der Waals surface area contributed by atoms with E-state index in [9.17, 15) is 4.57 Å². The smallest absolute Gasteiger partial charge is 0.351 e. The minimum Gasteiger partial charge on any atom is -0.361 e. The van der Waals surface area contributed by atoms with E-state index in [4.69, 9.17) is 14.5 Å². The van der Waals surface area contributed by atoms with E-state index in [1.165, 1.54) is 0 Å². The fourth-order valence-corrected chi connectivity index (χ4v) is 2.68. The highest BCUT2D eigenvalue weighted by Crippen LogP contribution is 2.46. The van der Waals surface area contributed by atoms with Gasteiger partial charge in [-0.3, -0.25) is 4.57 Å². The highest BCUT2D eigenvalue weighted by molar-refractivity contribution is 7.51. The van der Waals surface area contributed by atoms with Gasteiger partial charge in [0.1, 0.15) is 11.9 Å². The maximum atomic E-state index is 11.0. The zero-order valence-corrected chi connectivity index (χ0v) is 13.0. The molecule has 1 aliphatic rings. The molecule has 2 aromatic rings. The average Bonchev–Trinajstić information content (AvgIpc) is 3.12. The Kier molecular flexibility index (Phi) is 3.90. The molecule has 3 rings (SSSR count). The lowest BCUT2D eigenvalue weighted by Gasteiger charge is -2.17. The zero-order valence-electron chi connectivity index (χ0n) is 12.1. The van der Waals surface area contributed by atoms with Crippen LogP contribution in [0.5, 0.6) is 0 Å². The maximum absolute atomic E-state index is 11.0. The van der Waals surface area contributed by atoms with Crippen LogP contribution in [-0.2, 0) is 15.8 Å². The van der Waals surface area contributed by atoms with E-state index in [1.54, 1.807) is 12.5 Å². The molecule has 0 saturated heterocycles. The third-order valence-corrected chi connectivity index (χ3v) is 3.96. The summed E-state index contributed by atoms with van der Waals surface area (Å²) in [5, 5.41) is 3.04. The fourth-order valence-electron chi connectivity index (χ4n) is 2.23. The van der Waals surface area contributed by atoms with E-state index < -0.39 is 19.5 Å². The molecule has 120 valence electrons. The van der Waals surface area contributed by atoms with Gasteiger partial charge in [-0.05, 0) is 19.8 Å². The molecule has 2 heterocycles. The number of ether oxygens (including phenoxy) is 1. The molecular formula is C12H18N5O4P. The molecule has 2 aromatic heterocycles. The standard InChI is InChI=1S/C12H18N5O4P/c1-2-13-11-14-5-9-10(16-11)17(7-15-9)6-12(3-4-12)21-8-22(18,19)20/h5,7H,2-4,6,8H2,1H3,(H,13,14,16)(H2,18,19,20). The molecule has 0 atom stereocenters. The molecule has 1 fully saturated rings. The first kappa shape index (κ1) is 15.4. The summed E-state index contributed by atoms with van der Waals surface area (Å²) in [4.78, 5) is 30.7. The van der Waals surface area contributed by atoms with E-state index in [0.29, 0.717) is 23.7 Å². The number of anilines is 1. The second kappa shape index (κ2) is 5.58. The van der Waals surface area contributed by atoms with Crippen molar-refractivity contribution in [2.75, 3.05) is 18.2 Å². The number of fused-ring (bicyclic) bond motifs is 1. The van der Waals surface area contributed by atoms with Crippen molar-refractivity contribution in [3.8, 4) is 0 Å². The van der Waals surface area contributed by atoms with Crippen LogP contribution in [-0.4, -0.2) is 47.8 Å². The Balaban J connectivity index is 1.78. The number of imidazole rings is 1. The maximum Gasteiger partial charge on any atom is 0.351 e. The number of rotatable bonds is 7. The van der Waals surface area contributed by atoms with Crippen molar-refractivity contribution < 1.29 is 19.1 Å². The zero-order chi connectivity index (χ0) is 15.8. The van der Waals surface area contributed by atoms with E-state index in [1.807, 2.05) is 11.5 Å². The van der Waals surface area contributed by atoms with E-state index in [2.05, 4.69) is 20.3 Å². The predicted molar refractivity (Wildman–Crippen MR) is 79.4 cm³/mol. The van der Waals surface area contributed by atoms with Crippen LogP contribution in [0.15, 0.2) is 12.5 Å². The average molecular weight is 327 g/mol. The molecule has 0 aliphatic heterocycles. The highest BCUT2D eigenvalue weighted by atomic mass is 31.2. The molecule has 1 saturated carbocycles. The molecule has 0 radical (unpaired) electrons. The summed E-state index contributed by atoms with van der Waals surface area (Å²) < 4.78 is 18.2. The van der Waals surface area contributed by atoms with Crippen molar-refractivity contribution in [2.24, 2.45) is 0 Å². The summed E-state index contributed by atoms with van der Waals surface area (Å²) in [5.74, 6) is 0.526. The minimum absolute atomic E-state index is 0.464. The monoisotopic (exact) mass is 327 g/mol. The van der Waals surface area contributed by atoms with Gasteiger partial charge in [0.15, 0.2) is 5.65 Å². The van der Waals surface area contributed by atoms with Gasteiger partial charge < -0.3 is 24.4 Å². The third-order valence-electron chi connectivity index (χ3n) is 3.50. The summed E-state index contributed by atoms with van der Waals surface area (Å²) in [7, 11) is -4.16. The van der Waals surface area contributed by atoms with Crippen molar-refractivity contribution in [1.82, 2.24) is 19.5 Å². The van der Waals surface area contributed by atoms with Crippen LogP contribution in [0.2, 0.25) is 0 Å². The second-order valence-corrected chi connectivity index (χ2v) is 7.01. The van der Waals surface area contributed by atoms with Crippen LogP contribution in [0.3, 0.4) is 0 Å². The van der Waals surface area contributed by atoms with Crippen LogP contribution in [0, 0.1) is 0 Å². The van der Waals surface area contributed by atoms with Gasteiger partial charge in [-0.2, -0.15) is 4.98 Å². The quantitative estimate of drug-likeness (QED) is 0.642. The second-order valence-electron chi connectivity index (χ2n) is 5.43. The highest BCUT2D eigenvalue weighted by Gasteiger charge is 2.46. The molecule has 22 heavy (non-hydrogen) atoms. The first-order valence-electron chi connectivity index (χ1n) is 7.01. The Morgan fingerprint density at radius 2 is 2.23 bits per heavy atom. The van der Waals surface area contributed by atoms with E-state index in [0.717, 1.165) is 19.4 Å². The molecule has 1 aliphatic carbocycles. The first-order valence-corrected chi connectivity index (χ1v) is 8.81. The number of aromatic nitrogens is 4. The summed E-state index contributed by atoms with van der Waals surface area (Å²) in [6.07, 6.45) is 4.26. The summed E-state index contributed by atoms with van der Waals surface area (Å²) in [6.45, 7) is 3.14. The molecule has 0 spiro atoms. The Morgan fingerprint density at radius 1 is 1.45 bits per heavy atom. The Bertz CT molecular complexity index is 723. The molecule has 9 nitrogen and oxygen atoms in total. The van der Waals surface area contributed by atoms with E-state index in [-0.39, 0.29) is 0 Å². The first-order chi connectivity index (χ1) is 10.4. The number of nitrogens with zero attached hydrogens (tertiary/aromatic N) is 4. The van der Waals surface area contributed by atoms with Gasteiger partial charge >= 0.3 is 7.60 Å². The molecule has 0 unspecified atom stereocenters. The third kappa shape index (κ3) is 3.44. The Labute approximate surface area is 126 Å². The van der Waals surface area contributed by atoms with Gasteiger partial charge in [-0.15, -0.1) is 0 Å². The SMILES string of the molecule is CCNc1ncc2ncn(CC3(OCP(=O)(O)O)CC3)c2n1. The fraction of sp³-hybridized carbons (Fsp3) is 0.583. The molecule has 10 heteroatoms. The lowest BCUT2D eigenvalue weighted by Crippen LogP contribution is -2.22. The van der Waals surface area contributed by atoms with Crippen LogP contribution in [0.1, 0.15) is 19.8 Å². The molecule has 0 bridgehead atoms. The Morgan fingerprint density at radius 3 is 2.86 bits per heavy atom. The normalized spacial score (nSPS) is 16.9. The topological polar surface area (TPSA) is 122 Å². The summed E-state index contributed by atoms with van der Waals surface area (Å²) in [6, 6.07) is 0. The van der Waals surface area contributed by atoms with Gasteiger partial charge in [0, 0.05) is 6.54 Å². The summed E-state index contributed by atoms with van der Waals surface area (Å²) in [5.41, 5.74) is 0.822. The van der Waals surface area contributed by atoms with Gasteiger partial charge in [-0.1, -0.05) is 0 Å². The Hall–Kier alpha value is -1.54. The van der Waals surface area contributed by atoms with Crippen molar-refractivity contribution in [3.63, 3.8) is 0 Å². The summed E-state index contributed by atoms with van der Waals surface area (Å²) >= 11 is 0. The largest absolute Gasteiger partial charge is 0.361 e. The predicted octanol–water partition coefficient (Wildman–Crippen LogP) is 0.942.